The smallest absolute Gasteiger partial charge is 0.338 e. The molecule has 2 aromatic heterocycles. The van der Waals surface area contributed by atoms with Crippen molar-refractivity contribution in [2.45, 2.75) is 39.2 Å². The summed E-state index contributed by atoms with van der Waals surface area (Å²) in [6, 6.07) is 4.88. The summed E-state index contributed by atoms with van der Waals surface area (Å²) in [5.74, 6) is 1.57. The minimum Gasteiger partial charge on any atom is -0.454 e. The van der Waals surface area contributed by atoms with E-state index in [4.69, 9.17) is 14.2 Å². The molecule has 2 aliphatic rings. The lowest BCUT2D eigenvalue weighted by atomic mass is 9.89. The summed E-state index contributed by atoms with van der Waals surface area (Å²) in [4.78, 5) is 34.7. The molecule has 0 saturated carbocycles. The standard InChI is InChI=1S/C21H20N2O5S/c1-10-3-5-13-16(7-10)29-20-17(13)19(24)22-18(23-20)11(2)28-21(25)12-4-6-14-15(8-12)27-9-26-14/h4,6,8,10-11H,3,5,7,9H2,1-2H3,(H,22,23,24)/t10-,11-/m1/s1. The summed E-state index contributed by atoms with van der Waals surface area (Å²) < 4.78 is 16.1. The van der Waals surface area contributed by atoms with Gasteiger partial charge in [-0.1, -0.05) is 6.92 Å². The van der Waals surface area contributed by atoms with Crippen molar-refractivity contribution in [1.82, 2.24) is 9.97 Å². The van der Waals surface area contributed by atoms with Crippen LogP contribution < -0.4 is 15.0 Å². The SMILES string of the molecule is C[C@@H]1CCc2c(sc3nc([C@@H](C)OC(=O)c4ccc5c(c4)OCO5)[nH]c(=O)c23)C1. The van der Waals surface area contributed by atoms with Crippen molar-refractivity contribution in [3.63, 3.8) is 0 Å². The number of nitrogens with one attached hydrogen (secondary N) is 1. The van der Waals surface area contributed by atoms with Gasteiger partial charge in [0.25, 0.3) is 5.56 Å². The van der Waals surface area contributed by atoms with E-state index in [-0.39, 0.29) is 12.4 Å². The molecule has 150 valence electrons. The molecular formula is C21H20N2O5S. The molecule has 1 aliphatic heterocycles. The van der Waals surface area contributed by atoms with Gasteiger partial charge in [-0.15, -0.1) is 11.3 Å². The number of nitrogens with zero attached hydrogens (tertiary/aromatic N) is 1. The van der Waals surface area contributed by atoms with Gasteiger partial charge in [-0.25, -0.2) is 9.78 Å². The fourth-order valence-electron chi connectivity index (χ4n) is 3.87. The lowest BCUT2D eigenvalue weighted by Crippen LogP contribution is -2.18. The van der Waals surface area contributed by atoms with Crippen molar-refractivity contribution < 1.29 is 19.0 Å². The number of carbonyl (C=O) groups is 1. The van der Waals surface area contributed by atoms with Gasteiger partial charge in [-0.2, -0.15) is 0 Å². The Morgan fingerprint density at radius 3 is 3.03 bits per heavy atom. The average molecular weight is 412 g/mol. The molecule has 0 fully saturated rings. The zero-order valence-electron chi connectivity index (χ0n) is 16.1. The molecule has 5 rings (SSSR count). The number of aryl methyl sites for hydroxylation is 1. The minimum absolute atomic E-state index is 0.138. The van der Waals surface area contributed by atoms with Gasteiger partial charge in [0.1, 0.15) is 4.83 Å². The molecule has 0 unspecified atom stereocenters. The summed E-state index contributed by atoms with van der Waals surface area (Å²) in [6.07, 6.45) is 2.29. The number of ether oxygens (including phenoxy) is 3. The van der Waals surface area contributed by atoms with E-state index in [1.54, 1.807) is 36.5 Å². The molecular weight excluding hydrogens is 392 g/mol. The first-order valence-electron chi connectivity index (χ1n) is 9.64. The van der Waals surface area contributed by atoms with Crippen LogP contribution in [0.4, 0.5) is 0 Å². The third-order valence-corrected chi connectivity index (χ3v) is 6.61. The van der Waals surface area contributed by atoms with Crippen molar-refractivity contribution in [2.75, 3.05) is 6.79 Å². The van der Waals surface area contributed by atoms with Crippen LogP contribution in [0.3, 0.4) is 0 Å². The maximum atomic E-state index is 12.7. The quantitative estimate of drug-likeness (QED) is 0.659. The average Bonchev–Trinajstić information content (AvgIpc) is 3.30. The molecule has 8 heteroatoms. The third kappa shape index (κ3) is 3.17. The largest absolute Gasteiger partial charge is 0.454 e. The van der Waals surface area contributed by atoms with Crippen LogP contribution in [0, 0.1) is 5.92 Å². The first-order valence-corrected chi connectivity index (χ1v) is 10.5. The minimum atomic E-state index is -0.692. The number of hydrogen-bond donors (Lipinski definition) is 1. The molecule has 3 heterocycles. The van der Waals surface area contributed by atoms with Gasteiger partial charge in [0.2, 0.25) is 6.79 Å². The molecule has 1 aliphatic carbocycles. The van der Waals surface area contributed by atoms with Gasteiger partial charge in [0, 0.05) is 4.88 Å². The second-order valence-electron chi connectivity index (χ2n) is 7.60. The van der Waals surface area contributed by atoms with E-state index >= 15 is 0 Å². The molecule has 0 spiro atoms. The Kier molecular flexibility index (Phi) is 4.31. The van der Waals surface area contributed by atoms with Crippen molar-refractivity contribution in [3.05, 3.63) is 50.4 Å². The summed E-state index contributed by atoms with van der Waals surface area (Å²) in [7, 11) is 0. The van der Waals surface area contributed by atoms with E-state index in [0.29, 0.717) is 39.0 Å². The Morgan fingerprint density at radius 1 is 1.34 bits per heavy atom. The Bertz CT molecular complexity index is 1180. The molecule has 0 radical (unpaired) electrons. The monoisotopic (exact) mass is 412 g/mol. The number of esters is 1. The second kappa shape index (κ2) is 6.88. The number of aromatic amines is 1. The van der Waals surface area contributed by atoms with Crippen molar-refractivity contribution in [3.8, 4) is 11.5 Å². The normalized spacial score (nSPS) is 18.5. The van der Waals surface area contributed by atoms with Gasteiger partial charge in [0.05, 0.1) is 10.9 Å². The van der Waals surface area contributed by atoms with Crippen LogP contribution in [0.1, 0.15) is 53.0 Å². The fourth-order valence-corrected chi connectivity index (χ4v) is 5.26. The van der Waals surface area contributed by atoms with Crippen LogP contribution in [0.5, 0.6) is 11.5 Å². The van der Waals surface area contributed by atoms with Gasteiger partial charge in [-0.05, 0) is 55.9 Å². The highest BCUT2D eigenvalue weighted by atomic mass is 32.1. The van der Waals surface area contributed by atoms with Crippen LogP contribution in [0.2, 0.25) is 0 Å². The number of thiophene rings is 1. The Hall–Kier alpha value is -2.87. The van der Waals surface area contributed by atoms with E-state index in [1.807, 2.05) is 0 Å². The van der Waals surface area contributed by atoms with Crippen LogP contribution in [0.15, 0.2) is 23.0 Å². The summed E-state index contributed by atoms with van der Waals surface area (Å²) in [6.45, 7) is 4.07. The molecule has 29 heavy (non-hydrogen) atoms. The zero-order chi connectivity index (χ0) is 20.1. The van der Waals surface area contributed by atoms with E-state index in [0.717, 1.165) is 24.8 Å². The fraction of sp³-hybridized carbons (Fsp3) is 0.381. The number of H-pyrrole nitrogens is 1. The van der Waals surface area contributed by atoms with Crippen LogP contribution in [-0.2, 0) is 17.6 Å². The molecule has 7 nitrogen and oxygen atoms in total. The third-order valence-electron chi connectivity index (χ3n) is 5.46. The van der Waals surface area contributed by atoms with Gasteiger partial charge in [-0.3, -0.25) is 4.79 Å². The number of benzene rings is 1. The number of aromatic nitrogens is 2. The molecule has 0 amide bonds. The highest BCUT2D eigenvalue weighted by molar-refractivity contribution is 7.18. The molecule has 0 saturated heterocycles. The highest BCUT2D eigenvalue weighted by Gasteiger charge is 2.25. The number of hydrogen-bond acceptors (Lipinski definition) is 7. The predicted octanol–water partition coefficient (Wildman–Crippen LogP) is 3.76. The first kappa shape index (κ1) is 18.2. The van der Waals surface area contributed by atoms with Gasteiger partial charge < -0.3 is 19.2 Å². The highest BCUT2D eigenvalue weighted by Crippen LogP contribution is 2.36. The van der Waals surface area contributed by atoms with Crippen LogP contribution in [-0.4, -0.2) is 22.7 Å². The second-order valence-corrected chi connectivity index (χ2v) is 8.68. The summed E-state index contributed by atoms with van der Waals surface area (Å²) >= 11 is 1.58. The molecule has 2 atom stereocenters. The Labute approximate surface area is 170 Å². The number of carbonyl (C=O) groups excluding carboxylic acids is 1. The van der Waals surface area contributed by atoms with Crippen molar-refractivity contribution in [2.24, 2.45) is 5.92 Å². The number of fused-ring (bicyclic) bond motifs is 4. The summed E-state index contributed by atoms with van der Waals surface area (Å²) in [5.41, 5.74) is 1.32. The predicted molar refractivity (Wildman–Crippen MR) is 108 cm³/mol. The lowest BCUT2D eigenvalue weighted by molar-refractivity contribution is 0.0319. The molecule has 1 aromatic carbocycles. The van der Waals surface area contributed by atoms with E-state index in [1.165, 1.54) is 4.88 Å². The molecule has 3 aromatic rings. The van der Waals surface area contributed by atoms with E-state index < -0.39 is 12.1 Å². The molecule has 0 bridgehead atoms. The van der Waals surface area contributed by atoms with Gasteiger partial charge in [0.15, 0.2) is 23.4 Å². The van der Waals surface area contributed by atoms with Gasteiger partial charge >= 0.3 is 5.97 Å². The van der Waals surface area contributed by atoms with E-state index in [9.17, 15) is 9.59 Å². The zero-order valence-corrected chi connectivity index (χ0v) is 16.9. The maximum Gasteiger partial charge on any atom is 0.338 e. The maximum absolute atomic E-state index is 12.7. The molecule has 1 N–H and O–H groups in total. The van der Waals surface area contributed by atoms with Crippen molar-refractivity contribution >= 4 is 27.5 Å². The van der Waals surface area contributed by atoms with Crippen LogP contribution >= 0.6 is 11.3 Å². The lowest BCUT2D eigenvalue weighted by Gasteiger charge is -2.17. The Morgan fingerprint density at radius 2 is 2.17 bits per heavy atom. The Balaban J connectivity index is 1.41. The number of rotatable bonds is 3. The topological polar surface area (TPSA) is 90.5 Å². The summed E-state index contributed by atoms with van der Waals surface area (Å²) in [5, 5.41) is 0.690. The van der Waals surface area contributed by atoms with Crippen molar-refractivity contribution in [1.29, 1.82) is 0 Å². The first-order chi connectivity index (χ1) is 14.0. The van der Waals surface area contributed by atoms with E-state index in [2.05, 4.69) is 16.9 Å². The van der Waals surface area contributed by atoms with Crippen LogP contribution in [0.25, 0.3) is 10.2 Å².